The number of carbonyl (C=O) groups is 3. The van der Waals surface area contributed by atoms with Gasteiger partial charge in [-0.05, 0) is 26.0 Å². The zero-order valence-corrected chi connectivity index (χ0v) is 22.5. The molecule has 1 aromatic carbocycles. The number of anilines is 1. The van der Waals surface area contributed by atoms with Crippen LogP contribution in [-0.2, 0) is 14.4 Å². The number of ether oxygens (including phenoxy) is 2. The lowest BCUT2D eigenvalue weighted by Crippen LogP contribution is -2.41. The number of thiazole rings is 1. The largest absolute Gasteiger partial charge is 0.497 e. The SMILES string of the molecule is COc1ccc2c(O[C@@H]3C[C@@H](C(=O)O)N(C(=O)CCNC(C)=O)C3)cc(-c3csc(NC(C)C)n3)nc2c1. The van der Waals surface area contributed by atoms with Crippen LogP contribution in [0, 0.1) is 0 Å². The van der Waals surface area contributed by atoms with Gasteiger partial charge < -0.3 is 30.1 Å². The monoisotopic (exact) mass is 541 g/mol. The number of fused-ring (bicyclic) bond motifs is 1. The number of nitrogens with one attached hydrogen (secondary N) is 2. The Balaban J connectivity index is 1.62. The van der Waals surface area contributed by atoms with E-state index >= 15 is 0 Å². The maximum Gasteiger partial charge on any atom is 0.326 e. The van der Waals surface area contributed by atoms with Gasteiger partial charge in [0, 0.05) is 55.3 Å². The van der Waals surface area contributed by atoms with Gasteiger partial charge in [0.05, 0.1) is 24.9 Å². The minimum Gasteiger partial charge on any atom is -0.497 e. The quantitative estimate of drug-likeness (QED) is 0.353. The Morgan fingerprint density at radius 1 is 1.21 bits per heavy atom. The lowest BCUT2D eigenvalue weighted by atomic mass is 10.1. The molecule has 1 fully saturated rings. The minimum absolute atomic E-state index is 0.00871. The third kappa shape index (κ3) is 6.31. The number of carboxylic acid groups (broad SMARTS) is 1. The number of rotatable bonds is 10. The van der Waals surface area contributed by atoms with E-state index in [2.05, 4.69) is 15.6 Å². The van der Waals surface area contributed by atoms with Crippen LogP contribution in [0.4, 0.5) is 5.13 Å². The van der Waals surface area contributed by atoms with Gasteiger partial charge in [-0.2, -0.15) is 0 Å². The first-order valence-electron chi connectivity index (χ1n) is 12.3. The van der Waals surface area contributed by atoms with Crippen LogP contribution in [0.3, 0.4) is 0 Å². The van der Waals surface area contributed by atoms with Crippen molar-refractivity contribution in [3.8, 4) is 22.9 Å². The third-order valence-electron chi connectivity index (χ3n) is 6.03. The molecule has 11 nitrogen and oxygen atoms in total. The average Bonchev–Trinajstić information content (AvgIpc) is 3.50. The van der Waals surface area contributed by atoms with Gasteiger partial charge in [0.25, 0.3) is 0 Å². The third-order valence-corrected chi connectivity index (χ3v) is 6.81. The van der Waals surface area contributed by atoms with Gasteiger partial charge in [-0.25, -0.2) is 14.8 Å². The molecule has 1 aliphatic rings. The van der Waals surface area contributed by atoms with E-state index in [0.29, 0.717) is 28.4 Å². The van der Waals surface area contributed by atoms with E-state index in [9.17, 15) is 19.5 Å². The van der Waals surface area contributed by atoms with E-state index in [0.717, 1.165) is 10.5 Å². The summed E-state index contributed by atoms with van der Waals surface area (Å²) in [4.78, 5) is 46.6. The molecule has 2 aromatic heterocycles. The molecule has 38 heavy (non-hydrogen) atoms. The van der Waals surface area contributed by atoms with Crippen molar-refractivity contribution in [2.45, 2.75) is 51.8 Å². The van der Waals surface area contributed by atoms with E-state index < -0.39 is 18.1 Å². The van der Waals surface area contributed by atoms with Crippen molar-refractivity contribution in [1.82, 2.24) is 20.2 Å². The van der Waals surface area contributed by atoms with Gasteiger partial charge in [0.15, 0.2) is 5.13 Å². The Bertz CT molecular complexity index is 1340. The second-order valence-electron chi connectivity index (χ2n) is 9.33. The highest BCUT2D eigenvalue weighted by Crippen LogP contribution is 2.35. The molecular weight excluding hydrogens is 510 g/mol. The summed E-state index contributed by atoms with van der Waals surface area (Å²) in [7, 11) is 1.58. The maximum atomic E-state index is 12.8. The number of nitrogens with zero attached hydrogens (tertiary/aromatic N) is 3. The summed E-state index contributed by atoms with van der Waals surface area (Å²) in [5, 5.41) is 19.0. The first kappa shape index (κ1) is 27.1. The van der Waals surface area contributed by atoms with Gasteiger partial charge in [0.1, 0.15) is 29.3 Å². The fourth-order valence-corrected chi connectivity index (χ4v) is 5.15. The normalized spacial score (nSPS) is 17.0. The van der Waals surface area contributed by atoms with E-state index in [4.69, 9.17) is 14.5 Å². The lowest BCUT2D eigenvalue weighted by molar-refractivity contribution is -0.148. The number of pyridine rings is 1. The number of hydrogen-bond donors (Lipinski definition) is 3. The molecular formula is C26H31N5O6S. The summed E-state index contributed by atoms with van der Waals surface area (Å²) < 4.78 is 11.7. The van der Waals surface area contributed by atoms with Crippen LogP contribution in [-0.4, -0.2) is 76.1 Å². The Hall–Kier alpha value is -3.93. The number of likely N-dealkylation sites (tertiary alicyclic amines) is 1. The molecule has 1 aliphatic heterocycles. The van der Waals surface area contributed by atoms with Gasteiger partial charge in [0.2, 0.25) is 11.8 Å². The van der Waals surface area contributed by atoms with Crippen LogP contribution in [0.2, 0.25) is 0 Å². The molecule has 0 bridgehead atoms. The molecule has 0 aliphatic carbocycles. The minimum atomic E-state index is -1.10. The number of benzene rings is 1. The smallest absolute Gasteiger partial charge is 0.326 e. The highest BCUT2D eigenvalue weighted by Gasteiger charge is 2.40. The van der Waals surface area contributed by atoms with Crippen LogP contribution < -0.4 is 20.1 Å². The molecule has 1 saturated heterocycles. The van der Waals surface area contributed by atoms with Crippen molar-refractivity contribution < 1.29 is 29.0 Å². The molecule has 2 amide bonds. The van der Waals surface area contributed by atoms with Gasteiger partial charge in [-0.3, -0.25) is 9.59 Å². The van der Waals surface area contributed by atoms with Crippen molar-refractivity contribution in [2.75, 3.05) is 25.5 Å². The zero-order chi connectivity index (χ0) is 27.4. The number of aromatic nitrogens is 2. The molecule has 12 heteroatoms. The van der Waals surface area contributed by atoms with Crippen molar-refractivity contribution in [3.63, 3.8) is 0 Å². The van der Waals surface area contributed by atoms with Crippen molar-refractivity contribution in [3.05, 3.63) is 29.6 Å². The first-order valence-corrected chi connectivity index (χ1v) is 13.2. The summed E-state index contributed by atoms with van der Waals surface area (Å²) >= 11 is 1.48. The molecule has 0 spiro atoms. The van der Waals surface area contributed by atoms with Crippen molar-refractivity contribution in [1.29, 1.82) is 0 Å². The van der Waals surface area contributed by atoms with Crippen molar-refractivity contribution >= 4 is 45.2 Å². The fraction of sp³-hybridized carbons (Fsp3) is 0.423. The summed E-state index contributed by atoms with van der Waals surface area (Å²) in [5.41, 5.74) is 1.92. The van der Waals surface area contributed by atoms with Gasteiger partial charge in [-0.15, -0.1) is 11.3 Å². The second-order valence-corrected chi connectivity index (χ2v) is 10.2. The summed E-state index contributed by atoms with van der Waals surface area (Å²) in [6, 6.07) is 6.46. The number of amides is 2. The number of carbonyl (C=O) groups excluding carboxylic acids is 2. The van der Waals surface area contributed by atoms with Crippen LogP contribution in [0.25, 0.3) is 22.3 Å². The first-order chi connectivity index (χ1) is 18.1. The molecule has 0 saturated carbocycles. The Morgan fingerprint density at radius 2 is 2.00 bits per heavy atom. The Kier molecular flexibility index (Phi) is 8.30. The number of aliphatic carboxylic acids is 1. The van der Waals surface area contributed by atoms with Crippen LogP contribution in [0.1, 0.15) is 33.6 Å². The average molecular weight is 542 g/mol. The number of methoxy groups -OCH3 is 1. The maximum absolute atomic E-state index is 12.8. The van der Waals surface area contributed by atoms with Gasteiger partial charge >= 0.3 is 5.97 Å². The molecule has 3 N–H and O–H groups in total. The van der Waals surface area contributed by atoms with Crippen LogP contribution in [0.15, 0.2) is 29.6 Å². The van der Waals surface area contributed by atoms with Gasteiger partial charge in [-0.1, -0.05) is 0 Å². The van der Waals surface area contributed by atoms with Crippen LogP contribution >= 0.6 is 11.3 Å². The van der Waals surface area contributed by atoms with Crippen LogP contribution in [0.5, 0.6) is 11.5 Å². The predicted octanol–water partition coefficient (Wildman–Crippen LogP) is 3.15. The molecule has 3 aromatic rings. The Labute approximate surface area is 224 Å². The Morgan fingerprint density at radius 3 is 2.68 bits per heavy atom. The molecule has 0 radical (unpaired) electrons. The molecule has 4 rings (SSSR count). The lowest BCUT2D eigenvalue weighted by Gasteiger charge is -2.21. The highest BCUT2D eigenvalue weighted by atomic mass is 32.1. The topological polar surface area (TPSA) is 143 Å². The number of carboxylic acids is 1. The number of hydrogen-bond acceptors (Lipinski definition) is 9. The highest BCUT2D eigenvalue weighted by molar-refractivity contribution is 7.14. The summed E-state index contributed by atoms with van der Waals surface area (Å²) in [6.45, 7) is 5.69. The van der Waals surface area contributed by atoms with E-state index in [-0.39, 0.29) is 43.8 Å². The molecule has 0 unspecified atom stereocenters. The second kappa shape index (κ2) is 11.6. The summed E-state index contributed by atoms with van der Waals surface area (Å²) in [6.07, 6.45) is -0.403. The standard InChI is InChI=1S/C26H31N5O6S/c1-14(2)28-26-30-21(13-38-26)20-11-23(18-6-5-16(36-4)9-19(18)29-20)37-17-10-22(25(34)35)31(12-17)24(33)7-8-27-15(3)32/h5-6,9,11,13-14,17,22H,7-8,10,12H2,1-4H3,(H,27,32)(H,28,30)(H,34,35)/t17-,22+/m1/s1. The van der Waals surface area contributed by atoms with E-state index in [1.807, 2.05) is 25.3 Å². The predicted molar refractivity (Wildman–Crippen MR) is 144 cm³/mol. The molecule has 3 heterocycles. The summed E-state index contributed by atoms with van der Waals surface area (Å²) in [5.74, 6) is -0.548. The van der Waals surface area contributed by atoms with E-state index in [1.54, 1.807) is 25.3 Å². The zero-order valence-electron chi connectivity index (χ0n) is 21.7. The molecule has 2 atom stereocenters. The van der Waals surface area contributed by atoms with E-state index in [1.165, 1.54) is 23.2 Å². The molecule has 202 valence electrons. The van der Waals surface area contributed by atoms with Crippen molar-refractivity contribution in [2.24, 2.45) is 0 Å². The fourth-order valence-electron chi connectivity index (χ4n) is 4.30.